The lowest BCUT2D eigenvalue weighted by molar-refractivity contribution is -0.205. The number of benzene rings is 1. The van der Waals surface area contributed by atoms with Crippen molar-refractivity contribution in [3.63, 3.8) is 0 Å². The van der Waals surface area contributed by atoms with Crippen molar-refractivity contribution >= 4 is 16.7 Å². The molecule has 2 aliphatic rings. The number of ether oxygens (including phenoxy) is 1. The molecule has 1 spiro atoms. The third-order valence-electron chi connectivity index (χ3n) is 6.68. The van der Waals surface area contributed by atoms with Crippen molar-refractivity contribution in [3.8, 4) is 0 Å². The molecular weight excluding hydrogens is 366 g/mol. The Balaban J connectivity index is 1.54. The number of carbonyl (C=O) groups is 1. The zero-order chi connectivity index (χ0) is 20.5. The average molecular weight is 398 g/mol. The Labute approximate surface area is 172 Å². The lowest BCUT2D eigenvalue weighted by Gasteiger charge is -2.53. The standard InChI is InChI=1S/C23H31N3O3/c1-3-12-26-13-8-23(9-14-26)21(28)22(2,10-15-29-23)25-20(27)19-6-4-5-17-16-24-11-7-18(17)19/h4-7,11,16,21,28H,3,8-10,12-15H2,1-2H3,(H,25,27)/t21-,22+/m1/s1. The van der Waals surface area contributed by atoms with E-state index in [1.165, 1.54) is 0 Å². The van der Waals surface area contributed by atoms with Crippen LogP contribution in [0.15, 0.2) is 36.7 Å². The first-order chi connectivity index (χ1) is 14.0. The molecule has 2 N–H and O–H groups in total. The minimum absolute atomic E-state index is 0.163. The Bertz CT molecular complexity index is 873. The van der Waals surface area contributed by atoms with Gasteiger partial charge in [0.05, 0.1) is 11.1 Å². The minimum atomic E-state index is -0.742. The van der Waals surface area contributed by atoms with E-state index in [1.807, 2.05) is 31.2 Å². The van der Waals surface area contributed by atoms with Crippen molar-refractivity contribution in [2.75, 3.05) is 26.2 Å². The van der Waals surface area contributed by atoms with E-state index < -0.39 is 17.2 Å². The molecule has 0 aliphatic carbocycles. The summed E-state index contributed by atoms with van der Waals surface area (Å²) in [6.45, 7) is 7.60. The second-order valence-corrected chi connectivity index (χ2v) is 8.68. The molecule has 0 radical (unpaired) electrons. The maximum Gasteiger partial charge on any atom is 0.252 e. The number of amides is 1. The largest absolute Gasteiger partial charge is 0.388 e. The van der Waals surface area contributed by atoms with Crippen molar-refractivity contribution in [1.82, 2.24) is 15.2 Å². The average Bonchev–Trinajstić information content (AvgIpc) is 2.73. The first-order valence-electron chi connectivity index (χ1n) is 10.7. The van der Waals surface area contributed by atoms with E-state index in [-0.39, 0.29) is 5.91 Å². The van der Waals surface area contributed by atoms with Crippen LogP contribution in [0.5, 0.6) is 0 Å². The highest BCUT2D eigenvalue weighted by atomic mass is 16.5. The number of nitrogens with zero attached hydrogens (tertiary/aromatic N) is 2. The van der Waals surface area contributed by atoms with Gasteiger partial charge in [0.15, 0.2) is 0 Å². The summed E-state index contributed by atoms with van der Waals surface area (Å²) in [5, 5.41) is 16.3. The fourth-order valence-electron chi connectivity index (χ4n) is 4.93. The van der Waals surface area contributed by atoms with Crippen molar-refractivity contribution in [1.29, 1.82) is 0 Å². The number of pyridine rings is 1. The highest BCUT2D eigenvalue weighted by Crippen LogP contribution is 2.40. The Hall–Kier alpha value is -2.02. The minimum Gasteiger partial charge on any atom is -0.388 e. The van der Waals surface area contributed by atoms with E-state index in [0.717, 1.165) is 49.7 Å². The Morgan fingerprint density at radius 3 is 2.86 bits per heavy atom. The third kappa shape index (κ3) is 3.77. The fourth-order valence-corrected chi connectivity index (χ4v) is 4.93. The molecule has 1 aromatic carbocycles. The molecule has 6 heteroatoms. The normalized spacial score (nSPS) is 27.2. The summed E-state index contributed by atoms with van der Waals surface area (Å²) in [4.78, 5) is 19.8. The van der Waals surface area contributed by atoms with Gasteiger partial charge in [-0.3, -0.25) is 9.78 Å². The van der Waals surface area contributed by atoms with Crippen LogP contribution < -0.4 is 5.32 Å². The van der Waals surface area contributed by atoms with Crippen molar-refractivity contribution in [2.45, 2.75) is 56.8 Å². The smallest absolute Gasteiger partial charge is 0.252 e. The highest BCUT2D eigenvalue weighted by molar-refractivity contribution is 6.07. The Kier molecular flexibility index (Phi) is 5.60. The van der Waals surface area contributed by atoms with Crippen LogP contribution in [0.2, 0.25) is 0 Å². The zero-order valence-corrected chi connectivity index (χ0v) is 17.4. The summed E-state index contributed by atoms with van der Waals surface area (Å²) in [6.07, 6.45) is 6.02. The molecule has 2 fully saturated rings. The van der Waals surface area contributed by atoms with Crippen LogP contribution in [0.3, 0.4) is 0 Å². The molecule has 2 saturated heterocycles. The van der Waals surface area contributed by atoms with E-state index in [2.05, 4.69) is 22.1 Å². The summed E-state index contributed by atoms with van der Waals surface area (Å²) in [5.41, 5.74) is -0.693. The van der Waals surface area contributed by atoms with Crippen LogP contribution in [-0.2, 0) is 4.74 Å². The van der Waals surface area contributed by atoms with Gasteiger partial charge < -0.3 is 20.1 Å². The number of fused-ring (bicyclic) bond motifs is 1. The van der Waals surface area contributed by atoms with E-state index in [4.69, 9.17) is 4.74 Å². The summed E-state index contributed by atoms with van der Waals surface area (Å²) >= 11 is 0. The lowest BCUT2D eigenvalue weighted by atomic mass is 9.73. The molecule has 156 valence electrons. The molecule has 0 saturated carbocycles. The molecule has 4 rings (SSSR count). The summed E-state index contributed by atoms with van der Waals surface area (Å²) < 4.78 is 6.16. The maximum atomic E-state index is 13.2. The van der Waals surface area contributed by atoms with Gasteiger partial charge in [0, 0.05) is 43.0 Å². The van der Waals surface area contributed by atoms with Gasteiger partial charge >= 0.3 is 0 Å². The van der Waals surface area contributed by atoms with Gasteiger partial charge in [-0.2, -0.15) is 0 Å². The van der Waals surface area contributed by atoms with Gasteiger partial charge in [0.1, 0.15) is 6.10 Å². The molecule has 2 aliphatic heterocycles. The number of nitrogens with one attached hydrogen (secondary N) is 1. The molecule has 2 atom stereocenters. The first-order valence-corrected chi connectivity index (χ1v) is 10.7. The lowest BCUT2D eigenvalue weighted by Crippen LogP contribution is -2.69. The number of aliphatic hydroxyl groups excluding tert-OH is 1. The number of rotatable bonds is 4. The fraction of sp³-hybridized carbons (Fsp3) is 0.565. The van der Waals surface area contributed by atoms with Gasteiger partial charge in [-0.15, -0.1) is 0 Å². The van der Waals surface area contributed by atoms with Gasteiger partial charge in [0.25, 0.3) is 5.91 Å². The predicted octanol–water partition coefficient (Wildman–Crippen LogP) is 2.75. The molecule has 29 heavy (non-hydrogen) atoms. The Morgan fingerprint density at radius 1 is 1.31 bits per heavy atom. The van der Waals surface area contributed by atoms with Crippen LogP contribution in [0.4, 0.5) is 0 Å². The number of hydrogen-bond donors (Lipinski definition) is 2. The van der Waals surface area contributed by atoms with E-state index in [0.29, 0.717) is 18.6 Å². The number of carbonyl (C=O) groups excluding carboxylic acids is 1. The quantitative estimate of drug-likeness (QED) is 0.830. The monoisotopic (exact) mass is 397 g/mol. The van der Waals surface area contributed by atoms with Crippen LogP contribution in [0, 0.1) is 0 Å². The number of aromatic nitrogens is 1. The molecular formula is C23H31N3O3. The predicted molar refractivity (Wildman–Crippen MR) is 113 cm³/mol. The molecule has 1 aromatic heterocycles. The highest BCUT2D eigenvalue weighted by Gasteiger charge is 2.53. The summed E-state index contributed by atoms with van der Waals surface area (Å²) in [5.74, 6) is -0.163. The number of piperidine rings is 1. The van der Waals surface area contributed by atoms with Crippen molar-refractivity contribution < 1.29 is 14.6 Å². The molecule has 6 nitrogen and oxygen atoms in total. The number of aliphatic hydroxyl groups is 1. The van der Waals surface area contributed by atoms with Gasteiger partial charge in [0.2, 0.25) is 0 Å². The zero-order valence-electron chi connectivity index (χ0n) is 17.4. The first kappa shape index (κ1) is 20.3. The third-order valence-corrected chi connectivity index (χ3v) is 6.68. The number of hydrogen-bond acceptors (Lipinski definition) is 5. The molecule has 3 heterocycles. The van der Waals surface area contributed by atoms with Gasteiger partial charge in [-0.05, 0) is 56.7 Å². The van der Waals surface area contributed by atoms with E-state index in [1.54, 1.807) is 12.4 Å². The number of likely N-dealkylation sites (tertiary alicyclic amines) is 1. The van der Waals surface area contributed by atoms with Crippen LogP contribution >= 0.6 is 0 Å². The van der Waals surface area contributed by atoms with Gasteiger partial charge in [-0.25, -0.2) is 0 Å². The summed E-state index contributed by atoms with van der Waals surface area (Å²) in [6, 6.07) is 7.50. The van der Waals surface area contributed by atoms with Crippen molar-refractivity contribution in [2.24, 2.45) is 0 Å². The maximum absolute atomic E-state index is 13.2. The van der Waals surface area contributed by atoms with Crippen LogP contribution in [-0.4, -0.2) is 64.4 Å². The Morgan fingerprint density at radius 2 is 2.10 bits per heavy atom. The van der Waals surface area contributed by atoms with Crippen LogP contribution in [0.25, 0.3) is 10.8 Å². The van der Waals surface area contributed by atoms with E-state index >= 15 is 0 Å². The van der Waals surface area contributed by atoms with Crippen LogP contribution in [0.1, 0.15) is 49.9 Å². The molecule has 2 aromatic rings. The topological polar surface area (TPSA) is 74.7 Å². The second-order valence-electron chi connectivity index (χ2n) is 8.68. The van der Waals surface area contributed by atoms with E-state index in [9.17, 15) is 9.90 Å². The second kappa shape index (κ2) is 8.01. The SMILES string of the molecule is CCCN1CCC2(CC1)OCC[C@](C)(NC(=O)c1cccc3cnccc13)[C@H]2O. The van der Waals surface area contributed by atoms with Crippen molar-refractivity contribution in [3.05, 3.63) is 42.2 Å². The molecule has 1 amide bonds. The molecule has 0 bridgehead atoms. The molecule has 0 unspecified atom stereocenters. The summed E-state index contributed by atoms with van der Waals surface area (Å²) in [7, 11) is 0. The van der Waals surface area contributed by atoms with Gasteiger partial charge in [-0.1, -0.05) is 19.1 Å².